The first-order valence-corrected chi connectivity index (χ1v) is 11.4. The van der Waals surface area contributed by atoms with Gasteiger partial charge in [0.1, 0.15) is 0 Å². The summed E-state index contributed by atoms with van der Waals surface area (Å²) in [5, 5.41) is 3.25. The molecule has 0 saturated carbocycles. The van der Waals surface area contributed by atoms with Crippen molar-refractivity contribution in [1.82, 2.24) is 10.2 Å². The van der Waals surface area contributed by atoms with Gasteiger partial charge in [0.25, 0.3) is 0 Å². The van der Waals surface area contributed by atoms with E-state index in [0.717, 1.165) is 37.8 Å². The molecule has 164 valence electrons. The summed E-state index contributed by atoms with van der Waals surface area (Å²) in [4.78, 5) is 28.0. The number of piperidine rings is 1. The number of carbonyl (C=O) groups excluding carboxylic acids is 2. The van der Waals surface area contributed by atoms with Crippen LogP contribution in [0.15, 0.2) is 66.7 Å². The fourth-order valence-electron chi connectivity index (χ4n) is 4.14. The van der Waals surface area contributed by atoms with Crippen molar-refractivity contribution in [1.29, 1.82) is 0 Å². The van der Waals surface area contributed by atoms with E-state index in [0.29, 0.717) is 11.5 Å². The third-order valence-corrected chi connectivity index (χ3v) is 5.73. The molecule has 1 heterocycles. The lowest BCUT2D eigenvalue weighted by Crippen LogP contribution is -2.52. The van der Waals surface area contributed by atoms with Crippen molar-refractivity contribution in [2.45, 2.75) is 51.6 Å². The van der Waals surface area contributed by atoms with Crippen molar-refractivity contribution < 1.29 is 9.59 Å². The highest BCUT2D eigenvalue weighted by Gasteiger charge is 2.31. The Kier molecular flexibility index (Phi) is 8.60. The summed E-state index contributed by atoms with van der Waals surface area (Å²) in [6.07, 6.45) is 7.88. The molecule has 2 aromatic carbocycles. The molecule has 3 rings (SSSR count). The van der Waals surface area contributed by atoms with Crippen LogP contribution < -0.4 is 5.32 Å². The fourth-order valence-corrected chi connectivity index (χ4v) is 4.14. The van der Waals surface area contributed by atoms with E-state index in [1.807, 2.05) is 48.5 Å². The van der Waals surface area contributed by atoms with Crippen LogP contribution in [0.4, 0.5) is 0 Å². The first kappa shape index (κ1) is 23.0. The van der Waals surface area contributed by atoms with E-state index in [-0.39, 0.29) is 30.3 Å². The molecule has 31 heavy (non-hydrogen) atoms. The summed E-state index contributed by atoms with van der Waals surface area (Å²) in [6, 6.07) is 19.2. The number of hydrogen-bond acceptors (Lipinski definition) is 3. The third kappa shape index (κ3) is 7.18. The van der Waals surface area contributed by atoms with Crippen molar-refractivity contribution in [3.05, 3.63) is 77.9 Å². The molecular weight excluding hydrogens is 384 g/mol. The van der Waals surface area contributed by atoms with Crippen LogP contribution in [0.2, 0.25) is 0 Å². The van der Waals surface area contributed by atoms with Crippen molar-refractivity contribution in [3.8, 4) is 0 Å². The summed E-state index contributed by atoms with van der Waals surface area (Å²) in [5.74, 6) is 0.569. The minimum atomic E-state index is -0.249. The molecular formula is C27H34N2O2. The van der Waals surface area contributed by atoms with Gasteiger partial charge in [0.15, 0.2) is 5.78 Å². The van der Waals surface area contributed by atoms with Crippen LogP contribution in [0.5, 0.6) is 0 Å². The second-order valence-corrected chi connectivity index (χ2v) is 8.79. The molecule has 2 aromatic rings. The van der Waals surface area contributed by atoms with E-state index >= 15 is 0 Å². The molecule has 1 N–H and O–H groups in total. The zero-order chi connectivity index (χ0) is 22.1. The molecule has 4 heteroatoms. The van der Waals surface area contributed by atoms with Gasteiger partial charge >= 0.3 is 0 Å². The molecule has 2 atom stereocenters. The summed E-state index contributed by atoms with van der Waals surface area (Å²) in [6.45, 7) is 5.41. The predicted molar refractivity (Wildman–Crippen MR) is 127 cm³/mol. The molecule has 1 aliphatic rings. The van der Waals surface area contributed by atoms with Gasteiger partial charge in [0.05, 0.1) is 12.6 Å². The first-order chi connectivity index (χ1) is 15.0. The first-order valence-electron chi connectivity index (χ1n) is 11.4. The smallest absolute Gasteiger partial charge is 0.237 e. The maximum atomic E-state index is 13.2. The summed E-state index contributed by atoms with van der Waals surface area (Å²) >= 11 is 0. The van der Waals surface area contributed by atoms with E-state index in [1.165, 1.54) is 0 Å². The second-order valence-electron chi connectivity index (χ2n) is 8.79. The van der Waals surface area contributed by atoms with Crippen molar-refractivity contribution >= 4 is 17.8 Å². The standard InChI is InChI=1S/C27H34N2O2/c1-21(2)19-24(17-16-22-11-5-3-6-12-22)28-27(31)25-15-9-10-18-29(25)20-26(30)23-13-7-4-8-14-23/h3-8,11-14,16-17,21,24-25H,9-10,15,18-20H2,1-2H3,(H,28,31)/b17-16+/t24-,25+/m1/s1. The molecule has 0 aliphatic carbocycles. The lowest BCUT2D eigenvalue weighted by Gasteiger charge is -2.35. The number of nitrogens with zero attached hydrogens (tertiary/aromatic N) is 1. The highest BCUT2D eigenvalue weighted by Crippen LogP contribution is 2.19. The van der Waals surface area contributed by atoms with Gasteiger partial charge in [-0.3, -0.25) is 14.5 Å². The number of hydrogen-bond donors (Lipinski definition) is 1. The fraction of sp³-hybridized carbons (Fsp3) is 0.407. The van der Waals surface area contributed by atoms with Gasteiger partial charge < -0.3 is 5.32 Å². The normalized spacial score (nSPS) is 18.2. The van der Waals surface area contributed by atoms with E-state index < -0.39 is 0 Å². The van der Waals surface area contributed by atoms with Crippen molar-refractivity contribution in [2.75, 3.05) is 13.1 Å². The highest BCUT2D eigenvalue weighted by molar-refractivity contribution is 5.98. The number of likely N-dealkylation sites (tertiary alicyclic amines) is 1. The Balaban J connectivity index is 1.66. The molecule has 0 bridgehead atoms. The lowest BCUT2D eigenvalue weighted by molar-refractivity contribution is -0.127. The van der Waals surface area contributed by atoms with Gasteiger partial charge in [-0.05, 0) is 37.3 Å². The quantitative estimate of drug-likeness (QED) is 0.585. The SMILES string of the molecule is CC(C)C[C@@H](/C=C/c1ccccc1)NC(=O)[C@@H]1CCCCN1CC(=O)c1ccccc1. The Hall–Kier alpha value is -2.72. The minimum Gasteiger partial charge on any atom is -0.349 e. The van der Waals surface area contributed by atoms with Crippen LogP contribution in [-0.2, 0) is 4.79 Å². The largest absolute Gasteiger partial charge is 0.349 e. The van der Waals surface area contributed by atoms with Crippen LogP contribution >= 0.6 is 0 Å². The maximum Gasteiger partial charge on any atom is 0.237 e. The topological polar surface area (TPSA) is 49.4 Å². The maximum absolute atomic E-state index is 13.2. The monoisotopic (exact) mass is 418 g/mol. The lowest BCUT2D eigenvalue weighted by atomic mass is 9.98. The number of ketones is 1. The summed E-state index contributed by atoms with van der Waals surface area (Å²) < 4.78 is 0. The molecule has 0 spiro atoms. The van der Waals surface area contributed by atoms with Crippen LogP contribution in [0.25, 0.3) is 6.08 Å². The molecule has 0 unspecified atom stereocenters. The van der Waals surface area contributed by atoms with Crippen molar-refractivity contribution in [3.63, 3.8) is 0 Å². The number of benzene rings is 2. The van der Waals surface area contributed by atoms with Gasteiger partial charge in [-0.25, -0.2) is 0 Å². The number of amides is 1. The van der Waals surface area contributed by atoms with E-state index in [9.17, 15) is 9.59 Å². The van der Waals surface area contributed by atoms with Crippen LogP contribution in [0.3, 0.4) is 0 Å². The Bertz CT molecular complexity index is 861. The average Bonchev–Trinajstić information content (AvgIpc) is 2.78. The second kappa shape index (κ2) is 11.6. The molecule has 0 radical (unpaired) electrons. The third-order valence-electron chi connectivity index (χ3n) is 5.73. The Labute approximate surface area is 186 Å². The highest BCUT2D eigenvalue weighted by atomic mass is 16.2. The van der Waals surface area contributed by atoms with E-state index in [4.69, 9.17) is 0 Å². The Morgan fingerprint density at radius 3 is 2.39 bits per heavy atom. The Morgan fingerprint density at radius 1 is 1.03 bits per heavy atom. The zero-order valence-corrected chi connectivity index (χ0v) is 18.7. The zero-order valence-electron chi connectivity index (χ0n) is 18.7. The van der Waals surface area contributed by atoms with Crippen LogP contribution in [0, 0.1) is 5.92 Å². The number of carbonyl (C=O) groups is 2. The molecule has 1 saturated heterocycles. The number of rotatable bonds is 9. The van der Waals surface area contributed by atoms with Gasteiger partial charge in [-0.15, -0.1) is 0 Å². The molecule has 1 amide bonds. The van der Waals surface area contributed by atoms with Crippen molar-refractivity contribution in [2.24, 2.45) is 5.92 Å². The van der Waals surface area contributed by atoms with E-state index in [2.05, 4.69) is 48.3 Å². The molecule has 1 fully saturated rings. The molecule has 4 nitrogen and oxygen atoms in total. The minimum absolute atomic E-state index is 0.0266. The number of Topliss-reactive ketones (excluding diaryl/α,β-unsaturated/α-hetero) is 1. The number of nitrogens with one attached hydrogen (secondary N) is 1. The van der Waals surface area contributed by atoms with Crippen LogP contribution in [0.1, 0.15) is 55.5 Å². The van der Waals surface area contributed by atoms with Gasteiger partial charge in [-0.1, -0.05) is 93.1 Å². The summed E-state index contributed by atoms with van der Waals surface area (Å²) in [7, 11) is 0. The van der Waals surface area contributed by atoms with Crippen LogP contribution in [-0.4, -0.2) is 41.8 Å². The average molecular weight is 419 g/mol. The molecule has 1 aliphatic heterocycles. The molecule has 0 aromatic heterocycles. The van der Waals surface area contributed by atoms with Gasteiger partial charge in [-0.2, -0.15) is 0 Å². The Morgan fingerprint density at radius 2 is 1.71 bits per heavy atom. The van der Waals surface area contributed by atoms with Gasteiger partial charge in [0, 0.05) is 11.6 Å². The predicted octanol–water partition coefficient (Wildman–Crippen LogP) is 4.97. The summed E-state index contributed by atoms with van der Waals surface area (Å²) in [5.41, 5.74) is 1.83. The van der Waals surface area contributed by atoms with Gasteiger partial charge in [0.2, 0.25) is 5.91 Å². The van der Waals surface area contributed by atoms with E-state index in [1.54, 1.807) is 0 Å².